The van der Waals surface area contributed by atoms with Gasteiger partial charge in [0.05, 0.1) is 19.6 Å². The van der Waals surface area contributed by atoms with Crippen LogP contribution in [0.5, 0.6) is 0 Å². The van der Waals surface area contributed by atoms with Gasteiger partial charge in [0.2, 0.25) is 5.91 Å². The minimum Gasteiger partial charge on any atom is -0.479 e. The van der Waals surface area contributed by atoms with E-state index >= 15 is 0 Å². The molecule has 0 saturated carbocycles. The fourth-order valence-electron chi connectivity index (χ4n) is 1.91. The van der Waals surface area contributed by atoms with E-state index in [4.69, 9.17) is 9.84 Å². The molecule has 0 bridgehead atoms. The molecule has 2 heterocycles. The van der Waals surface area contributed by atoms with Crippen LogP contribution in [0.3, 0.4) is 0 Å². The fourth-order valence-corrected chi connectivity index (χ4v) is 1.91. The number of pyridine rings is 1. The molecule has 1 atom stereocenters. The first-order chi connectivity index (χ1) is 9.06. The van der Waals surface area contributed by atoms with Crippen molar-refractivity contribution in [3.05, 3.63) is 29.6 Å². The predicted octanol–water partition coefficient (Wildman–Crippen LogP) is 0.245. The number of carboxylic acids is 1. The van der Waals surface area contributed by atoms with E-state index in [-0.39, 0.29) is 25.5 Å². The molecule has 1 aliphatic rings. The van der Waals surface area contributed by atoms with Crippen molar-refractivity contribution < 1.29 is 19.4 Å². The Hall–Kier alpha value is -1.95. The molecule has 19 heavy (non-hydrogen) atoms. The Morgan fingerprint density at radius 3 is 2.95 bits per heavy atom. The van der Waals surface area contributed by atoms with Crippen molar-refractivity contribution in [2.75, 3.05) is 19.7 Å². The lowest BCUT2D eigenvalue weighted by molar-refractivity contribution is -0.159. The molecule has 0 radical (unpaired) electrons. The lowest BCUT2D eigenvalue weighted by Gasteiger charge is -2.30. The van der Waals surface area contributed by atoms with Crippen molar-refractivity contribution in [3.63, 3.8) is 0 Å². The first kappa shape index (κ1) is 13.5. The second kappa shape index (κ2) is 5.79. The van der Waals surface area contributed by atoms with E-state index in [0.717, 1.165) is 11.3 Å². The number of nitrogens with zero attached hydrogens (tertiary/aromatic N) is 2. The van der Waals surface area contributed by atoms with Crippen LogP contribution in [0, 0.1) is 6.92 Å². The predicted molar refractivity (Wildman–Crippen MR) is 66.6 cm³/mol. The molecule has 1 fully saturated rings. The Morgan fingerprint density at radius 2 is 2.32 bits per heavy atom. The second-order valence-corrected chi connectivity index (χ2v) is 4.52. The summed E-state index contributed by atoms with van der Waals surface area (Å²) in [5.41, 5.74) is 1.72. The number of carbonyl (C=O) groups is 2. The van der Waals surface area contributed by atoms with Gasteiger partial charge < -0.3 is 14.7 Å². The highest BCUT2D eigenvalue weighted by atomic mass is 16.5. The Bertz CT molecular complexity index is 472. The second-order valence-electron chi connectivity index (χ2n) is 4.52. The van der Waals surface area contributed by atoms with Gasteiger partial charge in [-0.25, -0.2) is 4.79 Å². The van der Waals surface area contributed by atoms with E-state index in [2.05, 4.69) is 4.98 Å². The lowest BCUT2D eigenvalue weighted by atomic mass is 10.1. The van der Waals surface area contributed by atoms with Crippen molar-refractivity contribution in [3.8, 4) is 0 Å². The SMILES string of the molecule is Cc1ccc(CC(=O)N2CCO[C@@H](C(=O)O)C2)cn1. The van der Waals surface area contributed by atoms with Crippen LogP contribution in [0.15, 0.2) is 18.3 Å². The van der Waals surface area contributed by atoms with E-state index in [1.54, 1.807) is 6.20 Å². The zero-order chi connectivity index (χ0) is 13.8. The summed E-state index contributed by atoms with van der Waals surface area (Å²) in [4.78, 5) is 28.6. The van der Waals surface area contributed by atoms with Crippen LogP contribution in [0.4, 0.5) is 0 Å². The summed E-state index contributed by atoms with van der Waals surface area (Å²) in [6.45, 7) is 2.68. The number of ether oxygens (including phenoxy) is 1. The third kappa shape index (κ3) is 3.51. The van der Waals surface area contributed by atoms with Crippen molar-refractivity contribution in [2.24, 2.45) is 0 Å². The number of aromatic nitrogens is 1. The Morgan fingerprint density at radius 1 is 1.53 bits per heavy atom. The van der Waals surface area contributed by atoms with E-state index in [9.17, 15) is 9.59 Å². The number of amides is 1. The highest BCUT2D eigenvalue weighted by molar-refractivity contribution is 5.80. The van der Waals surface area contributed by atoms with Crippen LogP contribution >= 0.6 is 0 Å². The van der Waals surface area contributed by atoms with E-state index in [1.807, 2.05) is 19.1 Å². The van der Waals surface area contributed by atoms with Crippen molar-refractivity contribution in [1.29, 1.82) is 0 Å². The summed E-state index contributed by atoms with van der Waals surface area (Å²) in [5.74, 6) is -1.13. The maximum Gasteiger partial charge on any atom is 0.334 e. The number of morpholine rings is 1. The maximum absolute atomic E-state index is 12.1. The third-order valence-corrected chi connectivity index (χ3v) is 3.02. The molecule has 0 spiro atoms. The molecule has 6 nitrogen and oxygen atoms in total. The Kier molecular flexibility index (Phi) is 4.11. The first-order valence-electron chi connectivity index (χ1n) is 6.10. The number of rotatable bonds is 3. The van der Waals surface area contributed by atoms with E-state index < -0.39 is 12.1 Å². The number of aliphatic carboxylic acids is 1. The lowest BCUT2D eigenvalue weighted by Crippen LogP contribution is -2.49. The molecule has 0 aliphatic carbocycles. The summed E-state index contributed by atoms with van der Waals surface area (Å²) >= 11 is 0. The third-order valence-electron chi connectivity index (χ3n) is 3.02. The van der Waals surface area contributed by atoms with Gasteiger partial charge in [-0.1, -0.05) is 6.07 Å². The molecule has 6 heteroatoms. The average molecular weight is 264 g/mol. The molecule has 1 amide bonds. The largest absolute Gasteiger partial charge is 0.479 e. The van der Waals surface area contributed by atoms with Crippen LogP contribution in [-0.2, 0) is 20.7 Å². The highest BCUT2D eigenvalue weighted by Crippen LogP contribution is 2.09. The topological polar surface area (TPSA) is 79.7 Å². The number of aryl methyl sites for hydroxylation is 1. The molecular formula is C13H16N2O4. The van der Waals surface area contributed by atoms with Crippen molar-refractivity contribution >= 4 is 11.9 Å². The molecule has 0 aromatic carbocycles. The van der Waals surface area contributed by atoms with Crippen LogP contribution in [0.25, 0.3) is 0 Å². The highest BCUT2D eigenvalue weighted by Gasteiger charge is 2.28. The van der Waals surface area contributed by atoms with Gasteiger partial charge in [0, 0.05) is 18.4 Å². The molecular weight excluding hydrogens is 248 g/mol. The van der Waals surface area contributed by atoms with Gasteiger partial charge >= 0.3 is 5.97 Å². The normalized spacial score (nSPS) is 19.2. The van der Waals surface area contributed by atoms with Gasteiger partial charge in [0.25, 0.3) is 0 Å². The number of carboxylic acid groups (broad SMARTS) is 1. The van der Waals surface area contributed by atoms with Crippen LogP contribution in [0.1, 0.15) is 11.3 Å². The average Bonchev–Trinajstić information content (AvgIpc) is 2.41. The zero-order valence-corrected chi connectivity index (χ0v) is 10.7. The van der Waals surface area contributed by atoms with Crippen molar-refractivity contribution in [2.45, 2.75) is 19.4 Å². The van der Waals surface area contributed by atoms with Gasteiger partial charge in [-0.15, -0.1) is 0 Å². The summed E-state index contributed by atoms with van der Waals surface area (Å²) in [6, 6.07) is 3.71. The monoisotopic (exact) mass is 264 g/mol. The minimum absolute atomic E-state index is 0.0970. The summed E-state index contributed by atoms with van der Waals surface area (Å²) in [6.07, 6.45) is 0.982. The molecule has 102 valence electrons. The van der Waals surface area contributed by atoms with E-state index in [1.165, 1.54) is 4.90 Å². The summed E-state index contributed by atoms with van der Waals surface area (Å²) < 4.78 is 5.08. The van der Waals surface area contributed by atoms with Crippen LogP contribution in [-0.4, -0.2) is 52.7 Å². The molecule has 2 rings (SSSR count). The quantitative estimate of drug-likeness (QED) is 0.846. The molecule has 1 aromatic rings. The molecule has 1 aromatic heterocycles. The first-order valence-corrected chi connectivity index (χ1v) is 6.10. The van der Waals surface area contributed by atoms with Crippen molar-refractivity contribution in [1.82, 2.24) is 9.88 Å². The zero-order valence-electron chi connectivity index (χ0n) is 10.7. The number of hydrogen-bond donors (Lipinski definition) is 1. The van der Waals surface area contributed by atoms with Gasteiger partial charge in [-0.3, -0.25) is 9.78 Å². The Balaban J connectivity index is 1.96. The number of hydrogen-bond acceptors (Lipinski definition) is 4. The van der Waals surface area contributed by atoms with Gasteiger partial charge in [0.15, 0.2) is 6.10 Å². The van der Waals surface area contributed by atoms with Gasteiger partial charge in [-0.2, -0.15) is 0 Å². The summed E-state index contributed by atoms with van der Waals surface area (Å²) in [7, 11) is 0. The standard InChI is InChI=1S/C13H16N2O4/c1-9-2-3-10(7-14-9)6-12(16)15-4-5-19-11(8-15)13(17)18/h2-3,7,11H,4-6,8H2,1H3,(H,17,18)/t11-/m1/s1. The fraction of sp³-hybridized carbons (Fsp3) is 0.462. The van der Waals surface area contributed by atoms with Crippen LogP contribution in [0.2, 0.25) is 0 Å². The van der Waals surface area contributed by atoms with E-state index in [0.29, 0.717) is 6.54 Å². The molecule has 1 saturated heterocycles. The molecule has 1 aliphatic heterocycles. The summed E-state index contributed by atoms with van der Waals surface area (Å²) in [5, 5.41) is 8.89. The maximum atomic E-state index is 12.1. The van der Waals surface area contributed by atoms with Gasteiger partial charge in [-0.05, 0) is 18.6 Å². The Labute approximate surface area is 111 Å². The smallest absolute Gasteiger partial charge is 0.334 e. The minimum atomic E-state index is -1.03. The van der Waals surface area contributed by atoms with Crippen LogP contribution < -0.4 is 0 Å². The number of carbonyl (C=O) groups excluding carboxylic acids is 1. The molecule has 1 N–H and O–H groups in total. The van der Waals surface area contributed by atoms with Gasteiger partial charge in [0.1, 0.15) is 0 Å². The molecule has 0 unspecified atom stereocenters.